The molecule has 0 spiro atoms. The molecule has 0 heterocycles. The number of benzene rings is 1. The minimum Gasteiger partial charge on any atom is -0.411 e. The van der Waals surface area contributed by atoms with Gasteiger partial charge < -0.3 is 5.21 Å². The van der Waals surface area contributed by atoms with Gasteiger partial charge in [-0.2, -0.15) is 13.2 Å². The van der Waals surface area contributed by atoms with E-state index >= 15 is 0 Å². The van der Waals surface area contributed by atoms with Crippen LogP contribution in [0.2, 0.25) is 0 Å². The maximum atomic E-state index is 12.4. The van der Waals surface area contributed by atoms with Crippen LogP contribution in [-0.4, -0.2) is 10.9 Å². The molecule has 0 saturated heterocycles. The third kappa shape index (κ3) is 2.98. The molecule has 0 radical (unpaired) electrons. The molecule has 0 amide bonds. The van der Waals surface area contributed by atoms with Crippen LogP contribution in [0.1, 0.15) is 30.9 Å². The molecular formula is C11H12F3NO. The molecular weight excluding hydrogens is 219 g/mol. The zero-order chi connectivity index (χ0) is 12.2. The maximum absolute atomic E-state index is 12.4. The van der Waals surface area contributed by atoms with Gasteiger partial charge in [0, 0.05) is 0 Å². The van der Waals surface area contributed by atoms with Gasteiger partial charge in [-0.3, -0.25) is 0 Å². The summed E-state index contributed by atoms with van der Waals surface area (Å²) in [4.78, 5) is 0. The van der Waals surface area contributed by atoms with E-state index in [2.05, 4.69) is 5.16 Å². The van der Waals surface area contributed by atoms with Crippen LogP contribution in [0.4, 0.5) is 13.2 Å². The third-order valence-corrected chi connectivity index (χ3v) is 2.13. The summed E-state index contributed by atoms with van der Waals surface area (Å²) >= 11 is 0. The molecule has 2 nitrogen and oxygen atoms in total. The van der Waals surface area contributed by atoms with Crippen molar-refractivity contribution >= 4 is 5.71 Å². The zero-order valence-corrected chi connectivity index (χ0v) is 8.75. The summed E-state index contributed by atoms with van der Waals surface area (Å²) in [5.74, 6) is 0. The van der Waals surface area contributed by atoms with Crippen LogP contribution >= 0.6 is 0 Å². The van der Waals surface area contributed by atoms with E-state index in [9.17, 15) is 13.2 Å². The first-order chi connectivity index (χ1) is 7.49. The van der Waals surface area contributed by atoms with Crippen molar-refractivity contribution in [2.24, 2.45) is 5.16 Å². The molecule has 0 atom stereocenters. The van der Waals surface area contributed by atoms with E-state index in [1.165, 1.54) is 12.1 Å². The first kappa shape index (κ1) is 12.5. The lowest BCUT2D eigenvalue weighted by Crippen LogP contribution is -2.08. The second-order valence-corrected chi connectivity index (χ2v) is 3.38. The molecule has 0 bridgehead atoms. The van der Waals surface area contributed by atoms with Crippen molar-refractivity contribution in [3.63, 3.8) is 0 Å². The molecule has 16 heavy (non-hydrogen) atoms. The highest BCUT2D eigenvalue weighted by Gasteiger charge is 2.30. The van der Waals surface area contributed by atoms with E-state index in [0.29, 0.717) is 18.4 Å². The number of hydrogen-bond donors (Lipinski definition) is 1. The van der Waals surface area contributed by atoms with Crippen molar-refractivity contribution in [2.45, 2.75) is 25.9 Å². The minimum absolute atomic E-state index is 0.272. The third-order valence-electron chi connectivity index (χ3n) is 2.13. The Kier molecular flexibility index (Phi) is 3.93. The normalized spacial score (nSPS) is 12.9. The Hall–Kier alpha value is -1.52. The van der Waals surface area contributed by atoms with Crippen molar-refractivity contribution in [2.75, 3.05) is 0 Å². The van der Waals surface area contributed by atoms with E-state index < -0.39 is 11.7 Å². The van der Waals surface area contributed by atoms with Crippen LogP contribution in [0, 0.1) is 0 Å². The average molecular weight is 231 g/mol. The van der Waals surface area contributed by atoms with E-state index in [1.807, 2.05) is 6.92 Å². The van der Waals surface area contributed by atoms with E-state index in [4.69, 9.17) is 5.21 Å². The van der Waals surface area contributed by atoms with Crippen molar-refractivity contribution in [3.8, 4) is 0 Å². The van der Waals surface area contributed by atoms with Gasteiger partial charge in [-0.25, -0.2) is 0 Å². The Labute approximate surface area is 91.4 Å². The van der Waals surface area contributed by atoms with Gasteiger partial charge in [0.1, 0.15) is 0 Å². The quantitative estimate of drug-likeness (QED) is 0.480. The number of alkyl halides is 3. The highest BCUT2D eigenvalue weighted by molar-refractivity contribution is 6.00. The Morgan fingerprint density at radius 2 is 2.06 bits per heavy atom. The molecule has 0 saturated carbocycles. The lowest BCUT2D eigenvalue weighted by molar-refractivity contribution is -0.137. The Morgan fingerprint density at radius 3 is 2.56 bits per heavy atom. The fraction of sp³-hybridized carbons (Fsp3) is 0.364. The second-order valence-electron chi connectivity index (χ2n) is 3.38. The molecule has 1 N–H and O–H groups in total. The number of hydrogen-bond acceptors (Lipinski definition) is 2. The SMILES string of the molecule is CCC/C(=N\O)c1cccc(C(F)(F)F)c1. The number of rotatable bonds is 3. The lowest BCUT2D eigenvalue weighted by Gasteiger charge is -2.09. The van der Waals surface area contributed by atoms with Crippen molar-refractivity contribution in [1.82, 2.24) is 0 Å². The standard InChI is InChI=1S/C11H12F3NO/c1-2-4-10(15-16)8-5-3-6-9(7-8)11(12,13)14/h3,5-7,16H,2,4H2,1H3/b15-10+. The van der Waals surface area contributed by atoms with Gasteiger partial charge in [0.15, 0.2) is 0 Å². The largest absolute Gasteiger partial charge is 0.416 e. The summed E-state index contributed by atoms with van der Waals surface area (Å²) in [5.41, 5.74) is -0.157. The van der Waals surface area contributed by atoms with Crippen LogP contribution in [-0.2, 0) is 6.18 Å². The van der Waals surface area contributed by atoms with Gasteiger partial charge in [-0.05, 0) is 24.1 Å². The fourth-order valence-electron chi connectivity index (χ4n) is 1.36. The zero-order valence-electron chi connectivity index (χ0n) is 8.75. The van der Waals surface area contributed by atoms with Crippen LogP contribution < -0.4 is 0 Å². The number of nitrogens with zero attached hydrogens (tertiary/aromatic N) is 1. The number of oxime groups is 1. The van der Waals surface area contributed by atoms with Gasteiger partial charge in [-0.15, -0.1) is 0 Å². The molecule has 0 fully saturated rings. The molecule has 0 aromatic heterocycles. The Bertz CT molecular complexity index is 385. The molecule has 0 aliphatic heterocycles. The topological polar surface area (TPSA) is 32.6 Å². The fourth-order valence-corrected chi connectivity index (χ4v) is 1.36. The number of halogens is 3. The van der Waals surface area contributed by atoms with Gasteiger partial charge >= 0.3 is 6.18 Å². The van der Waals surface area contributed by atoms with Crippen molar-refractivity contribution < 1.29 is 18.4 Å². The van der Waals surface area contributed by atoms with Crippen molar-refractivity contribution in [1.29, 1.82) is 0 Å². The summed E-state index contributed by atoms with van der Waals surface area (Å²) in [6, 6.07) is 4.79. The first-order valence-corrected chi connectivity index (χ1v) is 4.87. The Balaban J connectivity index is 3.07. The van der Waals surface area contributed by atoms with Gasteiger partial charge in [0.25, 0.3) is 0 Å². The molecule has 0 unspecified atom stereocenters. The molecule has 5 heteroatoms. The summed E-state index contributed by atoms with van der Waals surface area (Å²) in [7, 11) is 0. The van der Waals surface area contributed by atoms with Gasteiger partial charge in [0.05, 0.1) is 11.3 Å². The molecule has 88 valence electrons. The van der Waals surface area contributed by atoms with Crippen LogP contribution in [0.3, 0.4) is 0 Å². The predicted octanol–water partition coefficient (Wildman–Crippen LogP) is 3.68. The van der Waals surface area contributed by atoms with E-state index in [-0.39, 0.29) is 5.71 Å². The minimum atomic E-state index is -4.37. The van der Waals surface area contributed by atoms with Crippen molar-refractivity contribution in [3.05, 3.63) is 35.4 Å². The second kappa shape index (κ2) is 5.01. The summed E-state index contributed by atoms with van der Waals surface area (Å²) in [6.07, 6.45) is -3.23. The molecule has 0 aliphatic carbocycles. The van der Waals surface area contributed by atoms with Crippen LogP contribution in [0.25, 0.3) is 0 Å². The van der Waals surface area contributed by atoms with Crippen LogP contribution in [0.15, 0.2) is 29.4 Å². The lowest BCUT2D eigenvalue weighted by atomic mass is 10.0. The molecule has 1 rings (SSSR count). The average Bonchev–Trinajstić information content (AvgIpc) is 2.25. The summed E-state index contributed by atoms with van der Waals surface area (Å²) in [5, 5.41) is 11.7. The molecule has 0 aliphatic rings. The predicted molar refractivity (Wildman–Crippen MR) is 54.7 cm³/mol. The van der Waals surface area contributed by atoms with E-state index in [1.54, 1.807) is 0 Å². The van der Waals surface area contributed by atoms with Gasteiger partial charge in [0.2, 0.25) is 0 Å². The first-order valence-electron chi connectivity index (χ1n) is 4.87. The Morgan fingerprint density at radius 1 is 1.38 bits per heavy atom. The smallest absolute Gasteiger partial charge is 0.411 e. The van der Waals surface area contributed by atoms with Gasteiger partial charge in [-0.1, -0.05) is 30.6 Å². The molecule has 1 aromatic carbocycles. The van der Waals surface area contributed by atoms with E-state index in [0.717, 1.165) is 12.1 Å². The molecule has 1 aromatic rings. The highest BCUT2D eigenvalue weighted by atomic mass is 19.4. The van der Waals surface area contributed by atoms with Crippen LogP contribution in [0.5, 0.6) is 0 Å². The highest BCUT2D eigenvalue weighted by Crippen LogP contribution is 2.29. The summed E-state index contributed by atoms with van der Waals surface area (Å²) < 4.78 is 37.3. The monoisotopic (exact) mass is 231 g/mol. The summed E-state index contributed by atoms with van der Waals surface area (Å²) in [6.45, 7) is 1.86. The maximum Gasteiger partial charge on any atom is 0.416 e.